The molecule has 3 fully saturated rings. The quantitative estimate of drug-likeness (QED) is 0.536. The molecule has 0 bridgehead atoms. The van der Waals surface area contributed by atoms with Crippen LogP contribution in [0.1, 0.15) is 66.7 Å². The molecule has 1 aliphatic heterocycles. The highest BCUT2D eigenvalue weighted by Gasteiger charge is 2.65. The van der Waals surface area contributed by atoms with Crippen molar-refractivity contribution in [3.05, 3.63) is 60.7 Å². The highest BCUT2D eigenvalue weighted by Crippen LogP contribution is 2.55. The Morgan fingerprint density at radius 1 is 0.943 bits per heavy atom. The molecular weight excluding hydrogens is 452 g/mol. The minimum Gasteiger partial charge on any atom is -0.407 e. The zero-order valence-electron chi connectivity index (χ0n) is 21.9. The van der Waals surface area contributed by atoms with Crippen LogP contribution in [0.5, 0.6) is 0 Å². The maximum atomic E-state index is 13.4. The van der Waals surface area contributed by atoms with Gasteiger partial charge in [0, 0.05) is 18.9 Å². The molecule has 1 unspecified atom stereocenters. The first kappa shape index (κ1) is 24.9. The van der Waals surface area contributed by atoms with E-state index in [0.717, 1.165) is 25.7 Å². The van der Waals surface area contributed by atoms with Gasteiger partial charge in [0.25, 0.3) is 8.32 Å². The van der Waals surface area contributed by atoms with Crippen molar-refractivity contribution in [1.82, 2.24) is 0 Å². The lowest BCUT2D eigenvalue weighted by atomic mass is 9.61. The standard InChI is InChI=1S/C30H40O4Si/c1-28(2,3)35(23-13-8-6-9-14-23,24-15-10-7-11-16-24)32-21-22-19-20-27-30(34-29(4,5)33-27)25(22)17-12-18-26(30)31/h6-11,13-16,22,25,27H,12,17-21H2,1-5H3/t22-,25?,27+,30+/m0/s1. The van der Waals surface area contributed by atoms with E-state index in [9.17, 15) is 4.79 Å². The number of hydrogen-bond donors (Lipinski definition) is 0. The Morgan fingerprint density at radius 2 is 1.54 bits per heavy atom. The normalized spacial score (nSPS) is 30.5. The number of ketones is 1. The van der Waals surface area contributed by atoms with Gasteiger partial charge in [0.1, 0.15) is 0 Å². The summed E-state index contributed by atoms with van der Waals surface area (Å²) in [4.78, 5) is 13.4. The van der Waals surface area contributed by atoms with E-state index >= 15 is 0 Å². The molecule has 5 rings (SSSR count). The summed E-state index contributed by atoms with van der Waals surface area (Å²) in [5.74, 6) is -0.0690. The van der Waals surface area contributed by atoms with Gasteiger partial charge in [-0.2, -0.15) is 0 Å². The monoisotopic (exact) mass is 492 g/mol. The molecule has 188 valence electrons. The first-order valence-electron chi connectivity index (χ1n) is 13.3. The zero-order chi connectivity index (χ0) is 24.9. The Labute approximate surface area is 211 Å². The molecule has 0 radical (unpaired) electrons. The number of hydrogen-bond acceptors (Lipinski definition) is 4. The van der Waals surface area contributed by atoms with Crippen molar-refractivity contribution in [1.29, 1.82) is 0 Å². The van der Waals surface area contributed by atoms with E-state index in [1.807, 2.05) is 13.8 Å². The van der Waals surface area contributed by atoms with Crippen LogP contribution in [0, 0.1) is 11.8 Å². The molecule has 4 nitrogen and oxygen atoms in total. The Bertz CT molecular complexity index is 1010. The minimum atomic E-state index is -2.63. The van der Waals surface area contributed by atoms with Gasteiger partial charge in [0.15, 0.2) is 17.2 Å². The summed E-state index contributed by atoms with van der Waals surface area (Å²) < 4.78 is 20.2. The van der Waals surface area contributed by atoms with Crippen molar-refractivity contribution in [2.75, 3.05) is 6.61 Å². The van der Waals surface area contributed by atoms with E-state index in [-0.39, 0.29) is 28.8 Å². The van der Waals surface area contributed by atoms with Crippen molar-refractivity contribution >= 4 is 24.5 Å². The Balaban J connectivity index is 1.52. The Morgan fingerprint density at radius 3 is 2.11 bits per heavy atom. The number of Topliss-reactive ketones (excluding diaryl/α,β-unsaturated/α-hetero) is 1. The minimum absolute atomic E-state index is 0.0675. The number of carbonyl (C=O) groups is 1. The van der Waals surface area contributed by atoms with Crippen LogP contribution in [-0.4, -0.2) is 38.2 Å². The number of rotatable bonds is 5. The SMILES string of the molecule is CC1(C)O[C@@H]2CC[C@@H](CO[Si](c3ccccc3)(c3ccccc3)C(C)(C)C)C3CCCC(=O)[C@]32O1. The van der Waals surface area contributed by atoms with Crippen LogP contribution in [0.4, 0.5) is 0 Å². The predicted molar refractivity (Wildman–Crippen MR) is 141 cm³/mol. The second-order valence-electron chi connectivity index (χ2n) is 12.1. The van der Waals surface area contributed by atoms with E-state index in [0.29, 0.717) is 13.0 Å². The second kappa shape index (κ2) is 8.95. The molecule has 1 saturated heterocycles. The maximum absolute atomic E-state index is 13.4. The van der Waals surface area contributed by atoms with Crippen molar-refractivity contribution in [3.63, 3.8) is 0 Å². The summed E-state index contributed by atoms with van der Waals surface area (Å²) in [5, 5.41) is 2.52. The molecule has 2 aromatic carbocycles. The van der Waals surface area contributed by atoms with E-state index < -0.39 is 19.7 Å². The lowest BCUT2D eigenvalue weighted by Crippen LogP contribution is -2.67. The summed E-state index contributed by atoms with van der Waals surface area (Å²) in [7, 11) is -2.63. The van der Waals surface area contributed by atoms with Gasteiger partial charge in [-0.15, -0.1) is 0 Å². The first-order chi connectivity index (χ1) is 16.6. The first-order valence-corrected chi connectivity index (χ1v) is 15.2. The maximum Gasteiger partial charge on any atom is 0.261 e. The average molecular weight is 493 g/mol. The molecule has 2 aliphatic carbocycles. The fourth-order valence-corrected chi connectivity index (χ4v) is 11.8. The number of benzene rings is 2. The van der Waals surface area contributed by atoms with Gasteiger partial charge in [0.05, 0.1) is 6.10 Å². The molecule has 0 N–H and O–H groups in total. The predicted octanol–water partition coefficient (Wildman–Crippen LogP) is 5.23. The summed E-state index contributed by atoms with van der Waals surface area (Å²) in [6.07, 6.45) is 4.23. The average Bonchev–Trinajstić information content (AvgIpc) is 3.11. The van der Waals surface area contributed by atoms with Crippen molar-refractivity contribution in [2.24, 2.45) is 11.8 Å². The molecule has 2 saturated carbocycles. The fourth-order valence-electron chi connectivity index (χ4n) is 7.20. The van der Waals surface area contributed by atoms with Crippen LogP contribution in [0.15, 0.2) is 60.7 Å². The number of ether oxygens (including phenoxy) is 2. The van der Waals surface area contributed by atoms with Gasteiger partial charge >= 0.3 is 0 Å². The molecule has 4 atom stereocenters. The number of carbonyl (C=O) groups excluding carboxylic acids is 1. The molecule has 5 heteroatoms. The van der Waals surface area contributed by atoms with Crippen LogP contribution < -0.4 is 10.4 Å². The highest BCUT2D eigenvalue weighted by molar-refractivity contribution is 6.99. The van der Waals surface area contributed by atoms with E-state index in [1.54, 1.807) is 0 Å². The Hall–Kier alpha value is -1.79. The molecular formula is C30H40O4Si. The zero-order valence-corrected chi connectivity index (χ0v) is 22.9. The van der Waals surface area contributed by atoms with Gasteiger partial charge in [-0.3, -0.25) is 4.79 Å². The molecule has 1 heterocycles. The molecule has 1 spiro atoms. The fraction of sp³-hybridized carbons (Fsp3) is 0.567. The lowest BCUT2D eigenvalue weighted by Gasteiger charge is -2.50. The lowest BCUT2D eigenvalue weighted by molar-refractivity contribution is -0.191. The summed E-state index contributed by atoms with van der Waals surface area (Å²) >= 11 is 0. The topological polar surface area (TPSA) is 44.8 Å². The third-order valence-electron chi connectivity index (χ3n) is 8.52. The van der Waals surface area contributed by atoms with Crippen LogP contribution in [0.3, 0.4) is 0 Å². The van der Waals surface area contributed by atoms with E-state index in [1.165, 1.54) is 10.4 Å². The van der Waals surface area contributed by atoms with E-state index in [2.05, 4.69) is 81.4 Å². The van der Waals surface area contributed by atoms with Crippen LogP contribution in [-0.2, 0) is 18.7 Å². The van der Waals surface area contributed by atoms with Gasteiger partial charge in [-0.05, 0) is 60.9 Å². The molecule has 0 aromatic heterocycles. The van der Waals surface area contributed by atoms with E-state index in [4.69, 9.17) is 13.9 Å². The second-order valence-corrected chi connectivity index (χ2v) is 16.4. The van der Waals surface area contributed by atoms with Crippen LogP contribution in [0.2, 0.25) is 5.04 Å². The van der Waals surface area contributed by atoms with Gasteiger partial charge in [0.2, 0.25) is 0 Å². The third-order valence-corrected chi connectivity index (χ3v) is 13.5. The summed E-state index contributed by atoms with van der Waals surface area (Å²) in [6, 6.07) is 21.6. The van der Waals surface area contributed by atoms with Crippen molar-refractivity contribution in [2.45, 2.75) is 89.3 Å². The molecule has 2 aromatic rings. The highest BCUT2D eigenvalue weighted by atomic mass is 28.4. The van der Waals surface area contributed by atoms with Crippen molar-refractivity contribution < 1.29 is 18.7 Å². The Kier molecular flexibility index (Phi) is 6.36. The van der Waals surface area contributed by atoms with Gasteiger partial charge in [-0.1, -0.05) is 81.4 Å². The van der Waals surface area contributed by atoms with Crippen molar-refractivity contribution in [3.8, 4) is 0 Å². The largest absolute Gasteiger partial charge is 0.407 e. The van der Waals surface area contributed by atoms with Gasteiger partial charge in [-0.25, -0.2) is 0 Å². The molecule has 35 heavy (non-hydrogen) atoms. The van der Waals surface area contributed by atoms with Gasteiger partial charge < -0.3 is 13.9 Å². The smallest absolute Gasteiger partial charge is 0.261 e. The van der Waals surface area contributed by atoms with Crippen LogP contribution >= 0.6 is 0 Å². The van der Waals surface area contributed by atoms with Crippen LogP contribution in [0.25, 0.3) is 0 Å². The summed E-state index contributed by atoms with van der Waals surface area (Å²) in [5.41, 5.74) is -0.806. The summed E-state index contributed by atoms with van der Waals surface area (Å²) in [6.45, 7) is 11.5. The third kappa shape index (κ3) is 4.05. The molecule has 3 aliphatic rings. The molecule has 0 amide bonds.